The summed E-state index contributed by atoms with van der Waals surface area (Å²) in [4.78, 5) is 27.2. The molecule has 1 saturated heterocycles. The predicted octanol–water partition coefficient (Wildman–Crippen LogP) is 5.54. The van der Waals surface area contributed by atoms with E-state index < -0.39 is 0 Å². The molecule has 0 unspecified atom stereocenters. The number of aryl methyl sites for hydroxylation is 1. The largest absolute Gasteiger partial charge is 0.495 e. The van der Waals surface area contributed by atoms with Gasteiger partial charge in [0.2, 0.25) is 5.91 Å². The molecule has 3 amide bonds. The maximum absolute atomic E-state index is 12.7. The van der Waals surface area contributed by atoms with Crippen LogP contribution in [0.5, 0.6) is 5.75 Å². The van der Waals surface area contributed by atoms with Crippen LogP contribution in [0.4, 0.5) is 16.2 Å². The molecule has 2 N–H and O–H groups in total. The van der Waals surface area contributed by atoms with Crippen molar-refractivity contribution in [3.05, 3.63) is 53.6 Å². The minimum Gasteiger partial charge on any atom is -0.495 e. The summed E-state index contributed by atoms with van der Waals surface area (Å²) in [5.41, 5.74) is 3.71. The minimum absolute atomic E-state index is 0.201. The lowest BCUT2D eigenvalue weighted by atomic mass is 9.78. The first-order valence-electron chi connectivity index (χ1n) is 11.6. The third kappa shape index (κ3) is 5.23. The van der Waals surface area contributed by atoms with Gasteiger partial charge in [-0.15, -0.1) is 0 Å². The molecule has 0 aromatic heterocycles. The number of urea groups is 1. The Morgan fingerprint density at radius 1 is 0.938 bits per heavy atom. The third-order valence-electron chi connectivity index (χ3n) is 6.74. The van der Waals surface area contributed by atoms with Crippen LogP contribution in [-0.4, -0.2) is 37.0 Å². The molecule has 32 heavy (non-hydrogen) atoms. The highest BCUT2D eigenvalue weighted by atomic mass is 16.5. The maximum Gasteiger partial charge on any atom is 0.323 e. The smallest absolute Gasteiger partial charge is 0.323 e. The highest BCUT2D eigenvalue weighted by Gasteiger charge is 2.31. The summed E-state index contributed by atoms with van der Waals surface area (Å²) in [5, 5.41) is 5.75. The van der Waals surface area contributed by atoms with E-state index in [0.29, 0.717) is 23.3 Å². The molecule has 0 atom stereocenters. The molecular formula is C26H33N3O3. The van der Waals surface area contributed by atoms with Gasteiger partial charge in [0.1, 0.15) is 5.75 Å². The lowest BCUT2D eigenvalue weighted by Crippen LogP contribution is -2.35. The lowest BCUT2D eigenvalue weighted by molar-refractivity contribution is -0.135. The molecule has 1 heterocycles. The molecular weight excluding hydrogens is 402 g/mol. The van der Waals surface area contributed by atoms with Gasteiger partial charge in [0.05, 0.1) is 12.8 Å². The Bertz CT molecular complexity index is 943. The fraction of sp³-hybridized carbons (Fsp3) is 0.462. The van der Waals surface area contributed by atoms with Gasteiger partial charge >= 0.3 is 6.03 Å². The number of nitrogens with one attached hydrogen (secondary N) is 2. The van der Waals surface area contributed by atoms with Crippen molar-refractivity contribution in [3.8, 4) is 5.75 Å². The highest BCUT2D eigenvalue weighted by molar-refractivity contribution is 6.00. The number of hydrogen-bond acceptors (Lipinski definition) is 3. The van der Waals surface area contributed by atoms with Crippen molar-refractivity contribution in [2.24, 2.45) is 5.92 Å². The van der Waals surface area contributed by atoms with E-state index in [1.54, 1.807) is 7.11 Å². The number of rotatable bonds is 5. The number of likely N-dealkylation sites (tertiary alicyclic amines) is 1. The van der Waals surface area contributed by atoms with Gasteiger partial charge in [-0.3, -0.25) is 4.79 Å². The number of ether oxygens (including phenoxy) is 1. The lowest BCUT2D eigenvalue weighted by Gasteiger charge is -2.30. The predicted molar refractivity (Wildman–Crippen MR) is 127 cm³/mol. The summed E-state index contributed by atoms with van der Waals surface area (Å²) in [6, 6.07) is 13.4. The number of hydrogen-bond donors (Lipinski definition) is 2. The van der Waals surface area contributed by atoms with Gasteiger partial charge in [0, 0.05) is 24.7 Å². The van der Waals surface area contributed by atoms with E-state index in [0.717, 1.165) is 62.9 Å². The van der Waals surface area contributed by atoms with Crippen LogP contribution < -0.4 is 15.4 Å². The highest BCUT2D eigenvalue weighted by Crippen LogP contribution is 2.37. The van der Waals surface area contributed by atoms with Crippen molar-refractivity contribution in [2.45, 2.75) is 51.4 Å². The molecule has 6 heteroatoms. The van der Waals surface area contributed by atoms with Crippen molar-refractivity contribution in [1.29, 1.82) is 0 Å². The van der Waals surface area contributed by atoms with Gasteiger partial charge in [-0.25, -0.2) is 4.79 Å². The number of benzene rings is 2. The van der Waals surface area contributed by atoms with Crippen LogP contribution in [0.3, 0.4) is 0 Å². The summed E-state index contributed by atoms with van der Waals surface area (Å²) >= 11 is 0. The van der Waals surface area contributed by atoms with Crippen LogP contribution >= 0.6 is 0 Å². The molecule has 2 aliphatic rings. The standard InChI is InChI=1S/C26H33N3O3/c1-18-5-14-24(32-2)23(17-18)28-26(31)27-22-12-10-20(11-13-22)19-6-8-21(9-7-19)25(30)29-15-3-4-16-29/h5,10-14,17,19,21H,3-4,6-9,15-16H2,1-2H3,(H2,27,28,31)/t19-,21-. The zero-order valence-electron chi connectivity index (χ0n) is 19.0. The zero-order valence-corrected chi connectivity index (χ0v) is 19.0. The molecule has 0 spiro atoms. The monoisotopic (exact) mass is 435 g/mol. The Kier molecular flexibility index (Phi) is 6.98. The van der Waals surface area contributed by atoms with Crippen LogP contribution in [-0.2, 0) is 4.79 Å². The Labute approximate surface area is 190 Å². The van der Waals surface area contributed by atoms with Crippen molar-refractivity contribution in [3.63, 3.8) is 0 Å². The zero-order chi connectivity index (χ0) is 22.5. The van der Waals surface area contributed by atoms with Crippen LogP contribution in [0.15, 0.2) is 42.5 Å². The van der Waals surface area contributed by atoms with Gasteiger partial charge in [-0.1, -0.05) is 18.2 Å². The van der Waals surface area contributed by atoms with Crippen LogP contribution in [0, 0.1) is 12.8 Å². The summed E-state index contributed by atoms with van der Waals surface area (Å²) in [5.74, 6) is 1.68. The summed E-state index contributed by atoms with van der Waals surface area (Å²) < 4.78 is 5.32. The molecule has 170 valence electrons. The number of anilines is 2. The number of carbonyl (C=O) groups is 2. The fourth-order valence-corrected chi connectivity index (χ4v) is 4.91. The van der Waals surface area contributed by atoms with Gasteiger partial charge < -0.3 is 20.3 Å². The molecule has 0 bridgehead atoms. The fourth-order valence-electron chi connectivity index (χ4n) is 4.91. The van der Waals surface area contributed by atoms with E-state index in [-0.39, 0.29) is 11.9 Å². The first kappa shape index (κ1) is 22.2. The second kappa shape index (κ2) is 10.1. The molecule has 4 rings (SSSR count). The Morgan fingerprint density at radius 3 is 2.28 bits per heavy atom. The molecule has 1 aliphatic carbocycles. The maximum atomic E-state index is 12.7. The second-order valence-corrected chi connectivity index (χ2v) is 8.99. The molecule has 2 aromatic carbocycles. The summed E-state index contributed by atoms with van der Waals surface area (Å²) in [7, 11) is 1.59. The van der Waals surface area contributed by atoms with Crippen molar-refractivity contribution >= 4 is 23.3 Å². The Hall–Kier alpha value is -3.02. The van der Waals surface area contributed by atoms with Gasteiger partial charge in [-0.2, -0.15) is 0 Å². The van der Waals surface area contributed by atoms with E-state index in [1.165, 1.54) is 5.56 Å². The third-order valence-corrected chi connectivity index (χ3v) is 6.74. The van der Waals surface area contributed by atoms with E-state index in [1.807, 2.05) is 37.3 Å². The van der Waals surface area contributed by atoms with Crippen LogP contribution in [0.1, 0.15) is 55.6 Å². The van der Waals surface area contributed by atoms with E-state index in [4.69, 9.17) is 4.74 Å². The second-order valence-electron chi connectivity index (χ2n) is 8.99. The van der Waals surface area contributed by atoms with Gasteiger partial charge in [0.15, 0.2) is 0 Å². The number of nitrogens with zero attached hydrogens (tertiary/aromatic N) is 1. The van der Waals surface area contributed by atoms with E-state index in [2.05, 4.69) is 27.7 Å². The van der Waals surface area contributed by atoms with Crippen molar-refractivity contribution < 1.29 is 14.3 Å². The first-order chi connectivity index (χ1) is 15.5. The topological polar surface area (TPSA) is 70.7 Å². The summed E-state index contributed by atoms with van der Waals surface area (Å²) in [6.07, 6.45) is 6.34. The van der Waals surface area contributed by atoms with E-state index >= 15 is 0 Å². The SMILES string of the molecule is COc1ccc(C)cc1NC(=O)Nc1ccc([C@H]2CC[C@H](C(=O)N3CCCC3)CC2)cc1. The number of carbonyl (C=O) groups excluding carboxylic acids is 2. The van der Waals surface area contributed by atoms with Gasteiger partial charge in [0.25, 0.3) is 0 Å². The average Bonchev–Trinajstić information content (AvgIpc) is 3.34. The first-order valence-corrected chi connectivity index (χ1v) is 11.6. The molecule has 2 aromatic rings. The average molecular weight is 436 g/mol. The number of methoxy groups -OCH3 is 1. The Balaban J connectivity index is 1.29. The summed E-state index contributed by atoms with van der Waals surface area (Å²) in [6.45, 7) is 3.85. The quantitative estimate of drug-likeness (QED) is 0.647. The molecule has 1 saturated carbocycles. The number of amides is 3. The van der Waals surface area contributed by atoms with Crippen molar-refractivity contribution in [2.75, 3.05) is 30.8 Å². The van der Waals surface area contributed by atoms with Gasteiger partial charge in [-0.05, 0) is 86.8 Å². The molecule has 2 fully saturated rings. The molecule has 6 nitrogen and oxygen atoms in total. The van der Waals surface area contributed by atoms with Crippen LogP contribution in [0.2, 0.25) is 0 Å². The minimum atomic E-state index is -0.303. The normalized spacial score (nSPS) is 20.6. The molecule has 0 radical (unpaired) electrons. The van der Waals surface area contributed by atoms with E-state index in [9.17, 15) is 9.59 Å². The molecule has 1 aliphatic heterocycles. The van der Waals surface area contributed by atoms with Crippen molar-refractivity contribution in [1.82, 2.24) is 4.90 Å². The van der Waals surface area contributed by atoms with Crippen LogP contribution in [0.25, 0.3) is 0 Å². The Morgan fingerprint density at radius 2 is 1.62 bits per heavy atom.